The van der Waals surface area contributed by atoms with E-state index in [9.17, 15) is 18.5 Å². The number of non-ortho nitro benzene ring substituents is 1. The van der Waals surface area contributed by atoms with Crippen LogP contribution < -0.4 is 14.8 Å². The van der Waals surface area contributed by atoms with Gasteiger partial charge in [0.15, 0.2) is 0 Å². The van der Waals surface area contributed by atoms with Gasteiger partial charge in [-0.1, -0.05) is 0 Å². The Morgan fingerprint density at radius 3 is 2.77 bits per heavy atom. The third kappa shape index (κ3) is 4.29. The first-order valence-electron chi connectivity index (χ1n) is 6.49. The second kappa shape index (κ2) is 7.73. The van der Waals surface area contributed by atoms with Gasteiger partial charge in [0.05, 0.1) is 18.1 Å². The summed E-state index contributed by atoms with van der Waals surface area (Å²) in [6.45, 7) is 1.16. The molecule has 10 heteroatoms. The van der Waals surface area contributed by atoms with Gasteiger partial charge in [-0.15, -0.1) is 12.4 Å². The van der Waals surface area contributed by atoms with Gasteiger partial charge in [0, 0.05) is 18.7 Å². The van der Waals surface area contributed by atoms with E-state index in [-0.39, 0.29) is 41.3 Å². The molecule has 1 unspecified atom stereocenters. The molecule has 1 aromatic carbocycles. The highest BCUT2D eigenvalue weighted by molar-refractivity contribution is 7.89. The van der Waals surface area contributed by atoms with E-state index in [4.69, 9.17) is 4.74 Å². The van der Waals surface area contributed by atoms with Gasteiger partial charge in [-0.2, -0.15) is 0 Å². The number of halogens is 1. The second-order valence-electron chi connectivity index (χ2n) is 4.74. The zero-order valence-corrected chi connectivity index (χ0v) is 13.6. The molecule has 8 nitrogen and oxygen atoms in total. The minimum absolute atomic E-state index is 0. The fourth-order valence-corrected chi connectivity index (χ4v) is 3.44. The maximum atomic E-state index is 12.3. The predicted octanol–water partition coefficient (Wildman–Crippen LogP) is 1.06. The van der Waals surface area contributed by atoms with Crippen molar-refractivity contribution in [2.75, 3.05) is 20.2 Å². The molecule has 22 heavy (non-hydrogen) atoms. The smallest absolute Gasteiger partial charge is 0.273 e. The maximum Gasteiger partial charge on any atom is 0.273 e. The molecule has 1 atom stereocenters. The number of benzene rings is 1. The van der Waals surface area contributed by atoms with Crippen molar-refractivity contribution in [3.8, 4) is 5.75 Å². The van der Waals surface area contributed by atoms with Crippen molar-refractivity contribution in [2.45, 2.75) is 23.8 Å². The van der Waals surface area contributed by atoms with Crippen LogP contribution in [-0.2, 0) is 10.0 Å². The van der Waals surface area contributed by atoms with Gasteiger partial charge in [-0.3, -0.25) is 10.1 Å². The van der Waals surface area contributed by atoms with Crippen LogP contribution in [-0.4, -0.2) is 39.6 Å². The summed E-state index contributed by atoms with van der Waals surface area (Å²) in [5.41, 5.74) is -0.219. The molecule has 0 bridgehead atoms. The molecular weight excluding hydrogens is 334 g/mol. The Kier molecular flexibility index (Phi) is 6.54. The summed E-state index contributed by atoms with van der Waals surface area (Å²) in [5, 5.41) is 13.9. The third-order valence-electron chi connectivity index (χ3n) is 3.33. The van der Waals surface area contributed by atoms with Crippen LogP contribution in [0.3, 0.4) is 0 Å². The van der Waals surface area contributed by atoms with Crippen molar-refractivity contribution in [1.29, 1.82) is 0 Å². The molecule has 0 amide bonds. The molecule has 1 heterocycles. The normalized spacial score (nSPS) is 17.8. The molecule has 1 aliphatic heterocycles. The minimum Gasteiger partial charge on any atom is -0.495 e. The standard InChI is InChI=1S/C12H17N3O5S.ClH/c1-20-11-7-10(15(16)17)4-5-12(11)21(18,19)14-8-9-3-2-6-13-9;/h4-5,7,9,13-14H,2-3,6,8H2,1H3;1H. The van der Waals surface area contributed by atoms with Crippen LogP contribution >= 0.6 is 12.4 Å². The lowest BCUT2D eigenvalue weighted by Gasteiger charge is -2.13. The number of rotatable bonds is 6. The molecule has 0 aromatic heterocycles. The van der Waals surface area contributed by atoms with Crippen molar-refractivity contribution in [3.63, 3.8) is 0 Å². The van der Waals surface area contributed by atoms with Crippen molar-refractivity contribution >= 4 is 28.1 Å². The number of methoxy groups -OCH3 is 1. The van der Waals surface area contributed by atoms with E-state index in [0.29, 0.717) is 0 Å². The molecule has 1 aliphatic rings. The van der Waals surface area contributed by atoms with Gasteiger partial charge in [0.2, 0.25) is 10.0 Å². The monoisotopic (exact) mass is 351 g/mol. The van der Waals surface area contributed by atoms with Gasteiger partial charge >= 0.3 is 0 Å². The van der Waals surface area contributed by atoms with E-state index in [1.165, 1.54) is 13.2 Å². The van der Waals surface area contributed by atoms with Crippen molar-refractivity contribution in [2.24, 2.45) is 0 Å². The van der Waals surface area contributed by atoms with Crippen molar-refractivity contribution in [1.82, 2.24) is 10.0 Å². The maximum absolute atomic E-state index is 12.3. The number of nitrogens with zero attached hydrogens (tertiary/aromatic N) is 1. The van der Waals surface area contributed by atoms with E-state index in [1.807, 2.05) is 0 Å². The van der Waals surface area contributed by atoms with Crippen LogP contribution in [0.1, 0.15) is 12.8 Å². The molecule has 1 aromatic rings. The molecule has 1 fully saturated rings. The van der Waals surface area contributed by atoms with Gasteiger partial charge in [0.25, 0.3) is 5.69 Å². The summed E-state index contributed by atoms with van der Waals surface area (Å²) in [6, 6.07) is 3.54. The number of sulfonamides is 1. The number of hydrogen-bond acceptors (Lipinski definition) is 6. The molecule has 0 spiro atoms. The predicted molar refractivity (Wildman–Crippen MR) is 83.1 cm³/mol. The Balaban J connectivity index is 0.00000242. The zero-order valence-electron chi connectivity index (χ0n) is 11.9. The summed E-state index contributed by atoms with van der Waals surface area (Å²) >= 11 is 0. The lowest BCUT2D eigenvalue weighted by atomic mass is 10.2. The number of nitrogens with one attached hydrogen (secondary N) is 2. The highest BCUT2D eigenvalue weighted by atomic mass is 35.5. The van der Waals surface area contributed by atoms with Crippen molar-refractivity contribution in [3.05, 3.63) is 28.3 Å². The quantitative estimate of drug-likeness (QED) is 0.585. The Bertz CT molecular complexity index is 632. The summed E-state index contributed by atoms with van der Waals surface area (Å²) in [6.07, 6.45) is 1.94. The van der Waals surface area contributed by atoms with E-state index < -0.39 is 14.9 Å². The third-order valence-corrected chi connectivity index (χ3v) is 4.79. The molecule has 2 N–H and O–H groups in total. The van der Waals surface area contributed by atoms with Crippen LogP contribution in [0.25, 0.3) is 0 Å². The van der Waals surface area contributed by atoms with Crippen LogP contribution in [0.15, 0.2) is 23.1 Å². The fourth-order valence-electron chi connectivity index (χ4n) is 2.21. The van der Waals surface area contributed by atoms with Gasteiger partial charge < -0.3 is 10.1 Å². The molecule has 2 rings (SSSR count). The van der Waals surface area contributed by atoms with E-state index in [2.05, 4.69) is 10.0 Å². The largest absolute Gasteiger partial charge is 0.495 e. The number of hydrogen-bond donors (Lipinski definition) is 2. The number of nitro groups is 1. The summed E-state index contributed by atoms with van der Waals surface area (Å²) < 4.78 is 32.0. The van der Waals surface area contributed by atoms with E-state index in [1.54, 1.807) is 0 Å². The van der Waals surface area contributed by atoms with Crippen LogP contribution in [0.5, 0.6) is 5.75 Å². The lowest BCUT2D eigenvalue weighted by molar-refractivity contribution is -0.385. The first-order valence-corrected chi connectivity index (χ1v) is 7.98. The lowest BCUT2D eigenvalue weighted by Crippen LogP contribution is -2.37. The Labute approximate surface area is 134 Å². The van der Waals surface area contributed by atoms with Crippen LogP contribution in [0.4, 0.5) is 5.69 Å². The molecule has 1 saturated heterocycles. The average Bonchev–Trinajstić information content (AvgIpc) is 2.97. The summed E-state index contributed by atoms with van der Waals surface area (Å²) in [5.74, 6) is -0.0453. The zero-order chi connectivity index (χ0) is 15.5. The van der Waals surface area contributed by atoms with Crippen molar-refractivity contribution < 1.29 is 18.1 Å². The fraction of sp³-hybridized carbons (Fsp3) is 0.500. The summed E-state index contributed by atoms with van der Waals surface area (Å²) in [7, 11) is -2.50. The molecular formula is C12H18ClN3O5S. The summed E-state index contributed by atoms with van der Waals surface area (Å²) in [4.78, 5) is 10.0. The van der Waals surface area contributed by atoms with Crippen LogP contribution in [0.2, 0.25) is 0 Å². The highest BCUT2D eigenvalue weighted by Gasteiger charge is 2.24. The number of ether oxygens (including phenoxy) is 1. The van der Waals surface area contributed by atoms with Gasteiger partial charge in [0.1, 0.15) is 10.6 Å². The van der Waals surface area contributed by atoms with E-state index in [0.717, 1.165) is 31.5 Å². The Morgan fingerprint density at radius 1 is 1.50 bits per heavy atom. The molecule has 124 valence electrons. The van der Waals surface area contributed by atoms with Gasteiger partial charge in [-0.25, -0.2) is 13.1 Å². The number of nitro benzene ring substituents is 1. The molecule has 0 saturated carbocycles. The highest BCUT2D eigenvalue weighted by Crippen LogP contribution is 2.28. The topological polar surface area (TPSA) is 111 Å². The Hall–Kier alpha value is -1.42. The van der Waals surface area contributed by atoms with E-state index >= 15 is 0 Å². The first-order chi connectivity index (χ1) is 9.94. The van der Waals surface area contributed by atoms with Gasteiger partial charge in [-0.05, 0) is 25.5 Å². The molecule has 0 radical (unpaired) electrons. The minimum atomic E-state index is -3.77. The Morgan fingerprint density at radius 2 is 2.23 bits per heavy atom. The SMILES string of the molecule is COc1cc([N+](=O)[O-])ccc1S(=O)(=O)NCC1CCCN1.Cl. The molecule has 0 aliphatic carbocycles. The van der Waals surface area contributed by atoms with Crippen LogP contribution in [0, 0.1) is 10.1 Å². The average molecular weight is 352 g/mol. The second-order valence-corrected chi connectivity index (χ2v) is 6.47. The first kappa shape index (κ1) is 18.6.